The van der Waals surface area contributed by atoms with Gasteiger partial charge in [0.1, 0.15) is 0 Å². The Labute approximate surface area is 127 Å². The first-order valence-corrected chi connectivity index (χ1v) is 8.98. The van der Waals surface area contributed by atoms with Crippen LogP contribution in [0.2, 0.25) is 0 Å². The summed E-state index contributed by atoms with van der Waals surface area (Å²) in [6.07, 6.45) is 14.7. The third kappa shape index (κ3) is 16.0. The minimum atomic E-state index is -0.117. The van der Waals surface area contributed by atoms with Crippen molar-refractivity contribution in [2.75, 3.05) is 13.2 Å². The third-order valence-corrected chi connectivity index (χ3v) is 4.09. The van der Waals surface area contributed by atoms with Gasteiger partial charge >= 0.3 is 0 Å². The van der Waals surface area contributed by atoms with Crippen LogP contribution in [0.4, 0.5) is 0 Å². The Morgan fingerprint density at radius 3 is 1.65 bits per heavy atom. The fourth-order valence-corrected chi connectivity index (χ4v) is 2.50. The highest BCUT2D eigenvalue weighted by molar-refractivity contribution is 4.63. The summed E-state index contributed by atoms with van der Waals surface area (Å²) in [5, 5.41) is 9.54. The largest absolute Gasteiger partial charge is 0.393 e. The molecule has 2 nitrogen and oxygen atoms in total. The number of ether oxygens (including phenoxy) is 1. The molecule has 1 rings (SSSR count). The van der Waals surface area contributed by atoms with Crippen LogP contribution in [0.1, 0.15) is 91.4 Å². The maximum Gasteiger partial charge on any atom is 0.0701 e. The number of hydrogen-bond donors (Lipinski definition) is 1. The van der Waals surface area contributed by atoms with Gasteiger partial charge in [-0.2, -0.15) is 0 Å². The van der Waals surface area contributed by atoms with E-state index in [-0.39, 0.29) is 6.10 Å². The molecule has 1 saturated heterocycles. The predicted molar refractivity (Wildman–Crippen MR) is 88.1 cm³/mol. The van der Waals surface area contributed by atoms with Crippen LogP contribution in [0.5, 0.6) is 0 Å². The summed E-state index contributed by atoms with van der Waals surface area (Å²) in [4.78, 5) is 0. The monoisotopic (exact) mass is 286 g/mol. The molecule has 0 aromatic rings. The summed E-state index contributed by atoms with van der Waals surface area (Å²) in [5.41, 5.74) is 0. The molecule has 2 heteroatoms. The second kappa shape index (κ2) is 15.3. The Balaban J connectivity index is 0.00000105. The highest BCUT2D eigenvalue weighted by Crippen LogP contribution is 2.18. The number of epoxide rings is 1. The van der Waals surface area contributed by atoms with Gasteiger partial charge in [-0.3, -0.25) is 0 Å². The Morgan fingerprint density at radius 2 is 1.30 bits per heavy atom. The molecule has 0 aromatic carbocycles. The Bertz CT molecular complexity index is 176. The predicted octanol–water partition coefficient (Wildman–Crippen LogP) is 5.33. The fourth-order valence-electron chi connectivity index (χ4n) is 2.50. The molecule has 1 heterocycles. The van der Waals surface area contributed by atoms with E-state index in [1.54, 1.807) is 0 Å². The van der Waals surface area contributed by atoms with Crippen LogP contribution < -0.4 is 0 Å². The summed E-state index contributed by atoms with van der Waals surface area (Å²) in [6.45, 7) is 8.39. The van der Waals surface area contributed by atoms with E-state index in [1.807, 2.05) is 6.92 Å². The van der Waals surface area contributed by atoms with Crippen molar-refractivity contribution in [1.29, 1.82) is 0 Å². The Kier molecular flexibility index (Phi) is 15.3. The quantitative estimate of drug-likeness (QED) is 0.388. The molecule has 0 bridgehead atoms. The Morgan fingerprint density at radius 1 is 0.850 bits per heavy atom. The van der Waals surface area contributed by atoms with E-state index in [9.17, 15) is 5.11 Å². The molecule has 1 N–H and O–H groups in total. The molecule has 122 valence electrons. The van der Waals surface area contributed by atoms with Gasteiger partial charge in [0.15, 0.2) is 0 Å². The van der Waals surface area contributed by atoms with Gasteiger partial charge in [-0.25, -0.2) is 0 Å². The van der Waals surface area contributed by atoms with E-state index in [0.717, 1.165) is 19.6 Å². The van der Waals surface area contributed by atoms with Gasteiger partial charge in [-0.1, -0.05) is 78.1 Å². The van der Waals surface area contributed by atoms with E-state index < -0.39 is 0 Å². The van der Waals surface area contributed by atoms with Crippen LogP contribution in [0.25, 0.3) is 0 Å². The zero-order valence-corrected chi connectivity index (χ0v) is 14.2. The van der Waals surface area contributed by atoms with Gasteiger partial charge in [0.05, 0.1) is 19.3 Å². The lowest BCUT2D eigenvalue weighted by Crippen LogP contribution is -2.15. The van der Waals surface area contributed by atoms with E-state index in [0.29, 0.717) is 5.92 Å². The molecule has 0 amide bonds. The lowest BCUT2D eigenvalue weighted by Gasteiger charge is -2.17. The van der Waals surface area contributed by atoms with Crippen LogP contribution in [0.3, 0.4) is 0 Å². The molecule has 2 unspecified atom stereocenters. The number of hydrogen-bond acceptors (Lipinski definition) is 2. The summed E-state index contributed by atoms with van der Waals surface area (Å²) < 4.78 is 4.50. The van der Waals surface area contributed by atoms with Crippen molar-refractivity contribution in [2.45, 2.75) is 97.5 Å². The zero-order chi connectivity index (χ0) is 15.1. The van der Waals surface area contributed by atoms with Gasteiger partial charge in [-0.05, 0) is 19.3 Å². The molecule has 1 aliphatic heterocycles. The van der Waals surface area contributed by atoms with Crippen molar-refractivity contribution in [2.24, 2.45) is 5.92 Å². The molecule has 0 spiro atoms. The molecule has 0 aromatic heterocycles. The normalized spacial score (nSPS) is 16.2. The molecular weight excluding hydrogens is 248 g/mol. The van der Waals surface area contributed by atoms with E-state index in [2.05, 4.69) is 18.6 Å². The number of aliphatic hydroxyl groups excluding tert-OH is 1. The summed E-state index contributed by atoms with van der Waals surface area (Å²) in [6, 6.07) is 0. The van der Waals surface area contributed by atoms with Crippen LogP contribution in [0, 0.1) is 5.92 Å². The molecule has 1 aliphatic rings. The van der Waals surface area contributed by atoms with Gasteiger partial charge < -0.3 is 9.84 Å². The molecule has 20 heavy (non-hydrogen) atoms. The molecular formula is C18H38O2. The van der Waals surface area contributed by atoms with Crippen LogP contribution >= 0.6 is 0 Å². The molecule has 0 saturated carbocycles. The highest BCUT2D eigenvalue weighted by Gasteiger charge is 2.11. The Hall–Kier alpha value is -0.0800. The molecule has 2 atom stereocenters. The first kappa shape index (κ1) is 19.9. The lowest BCUT2D eigenvalue weighted by atomic mass is 9.93. The minimum Gasteiger partial charge on any atom is -0.393 e. The standard InChI is InChI=1S/C16H34O.C2H4O/c1-4-6-7-8-9-10-11-12-13-14-16(5-2)15(3)17;1-2-3-1/h15-17H,4-14H2,1-3H3;1-2H2. The molecule has 0 aliphatic carbocycles. The molecule has 0 radical (unpaired) electrons. The van der Waals surface area contributed by atoms with Gasteiger partial charge in [-0.15, -0.1) is 0 Å². The van der Waals surface area contributed by atoms with E-state index in [1.165, 1.54) is 64.2 Å². The minimum absolute atomic E-state index is 0.117. The van der Waals surface area contributed by atoms with E-state index >= 15 is 0 Å². The summed E-state index contributed by atoms with van der Waals surface area (Å²) in [7, 11) is 0. The first-order chi connectivity index (χ1) is 9.72. The fraction of sp³-hybridized carbons (Fsp3) is 1.00. The topological polar surface area (TPSA) is 32.8 Å². The number of unbranched alkanes of at least 4 members (excludes halogenated alkanes) is 8. The van der Waals surface area contributed by atoms with Crippen molar-refractivity contribution in [3.05, 3.63) is 0 Å². The van der Waals surface area contributed by atoms with Crippen molar-refractivity contribution in [1.82, 2.24) is 0 Å². The van der Waals surface area contributed by atoms with E-state index in [4.69, 9.17) is 0 Å². The SMILES string of the molecule is C1CO1.CCCCCCCCCCCC(CC)C(C)O. The van der Waals surface area contributed by atoms with Crippen LogP contribution in [0.15, 0.2) is 0 Å². The second-order valence-electron chi connectivity index (χ2n) is 6.14. The van der Waals surface area contributed by atoms with Crippen LogP contribution in [-0.4, -0.2) is 24.4 Å². The average molecular weight is 286 g/mol. The lowest BCUT2D eigenvalue weighted by molar-refractivity contribution is 0.115. The van der Waals surface area contributed by atoms with Gasteiger partial charge in [0.2, 0.25) is 0 Å². The smallest absolute Gasteiger partial charge is 0.0701 e. The average Bonchev–Trinajstić information content (AvgIpc) is 3.29. The van der Waals surface area contributed by atoms with Crippen molar-refractivity contribution >= 4 is 0 Å². The number of rotatable bonds is 12. The van der Waals surface area contributed by atoms with Crippen LogP contribution in [-0.2, 0) is 4.74 Å². The van der Waals surface area contributed by atoms with Crippen molar-refractivity contribution in [3.63, 3.8) is 0 Å². The summed E-state index contributed by atoms with van der Waals surface area (Å²) >= 11 is 0. The first-order valence-electron chi connectivity index (χ1n) is 8.98. The maximum atomic E-state index is 9.54. The molecule has 1 fully saturated rings. The summed E-state index contributed by atoms with van der Waals surface area (Å²) in [5.74, 6) is 0.527. The zero-order valence-electron chi connectivity index (χ0n) is 14.2. The van der Waals surface area contributed by atoms with Gasteiger partial charge in [0.25, 0.3) is 0 Å². The highest BCUT2D eigenvalue weighted by atomic mass is 16.6. The third-order valence-electron chi connectivity index (χ3n) is 4.09. The van der Waals surface area contributed by atoms with Gasteiger partial charge in [0, 0.05) is 0 Å². The van der Waals surface area contributed by atoms with Crippen molar-refractivity contribution in [3.8, 4) is 0 Å². The second-order valence-corrected chi connectivity index (χ2v) is 6.14. The number of aliphatic hydroxyl groups is 1. The maximum absolute atomic E-state index is 9.54. The van der Waals surface area contributed by atoms with Crippen molar-refractivity contribution < 1.29 is 9.84 Å².